The lowest BCUT2D eigenvalue weighted by Crippen LogP contribution is -2.40. The maximum atomic E-state index is 14.1. The smallest absolute Gasteiger partial charge is 0.317 e. The molecule has 1 saturated carbocycles. The Kier molecular flexibility index (Phi) is 5.11. The van der Waals surface area contributed by atoms with Crippen molar-refractivity contribution in [3.8, 4) is 5.75 Å². The van der Waals surface area contributed by atoms with Crippen LogP contribution in [0.5, 0.6) is 5.75 Å². The SMILES string of the molecule is CC(NC(=O)N1CCC(C(=O)O)C1)c1ccc(OCC2CC2)c(F)c1. The molecule has 0 radical (unpaired) electrons. The maximum Gasteiger partial charge on any atom is 0.317 e. The summed E-state index contributed by atoms with van der Waals surface area (Å²) in [7, 11) is 0. The van der Waals surface area contributed by atoms with Gasteiger partial charge in [0.2, 0.25) is 0 Å². The average Bonchev–Trinajstić information content (AvgIpc) is 3.26. The number of hydrogen-bond donors (Lipinski definition) is 2. The molecule has 0 aromatic heterocycles. The minimum atomic E-state index is -0.882. The Balaban J connectivity index is 1.55. The average molecular weight is 350 g/mol. The van der Waals surface area contributed by atoms with Gasteiger partial charge >= 0.3 is 12.0 Å². The monoisotopic (exact) mass is 350 g/mol. The highest BCUT2D eigenvalue weighted by molar-refractivity contribution is 5.77. The highest BCUT2D eigenvalue weighted by atomic mass is 19.1. The number of amides is 2. The largest absolute Gasteiger partial charge is 0.490 e. The number of nitrogens with one attached hydrogen (secondary N) is 1. The van der Waals surface area contributed by atoms with Crippen LogP contribution >= 0.6 is 0 Å². The molecule has 1 aromatic rings. The predicted octanol–water partition coefficient (Wildman–Crippen LogP) is 2.79. The first-order chi connectivity index (χ1) is 11.9. The zero-order valence-electron chi connectivity index (χ0n) is 14.2. The molecule has 1 aromatic carbocycles. The first-order valence-electron chi connectivity index (χ1n) is 8.64. The summed E-state index contributed by atoms with van der Waals surface area (Å²) in [5, 5.41) is 11.8. The number of aliphatic carboxylic acids is 1. The number of benzene rings is 1. The molecule has 7 heteroatoms. The van der Waals surface area contributed by atoms with Crippen LogP contribution in [-0.4, -0.2) is 41.7 Å². The molecular formula is C18H23FN2O4. The zero-order valence-corrected chi connectivity index (χ0v) is 14.2. The van der Waals surface area contributed by atoms with E-state index in [9.17, 15) is 14.0 Å². The molecule has 1 saturated heterocycles. The summed E-state index contributed by atoms with van der Waals surface area (Å²) in [6.45, 7) is 2.93. The number of halogens is 1. The molecule has 2 unspecified atom stereocenters. The summed E-state index contributed by atoms with van der Waals surface area (Å²) in [5.41, 5.74) is 0.638. The number of carboxylic acid groups (broad SMARTS) is 1. The van der Waals surface area contributed by atoms with E-state index in [1.807, 2.05) is 0 Å². The van der Waals surface area contributed by atoms with Gasteiger partial charge in [0.1, 0.15) is 0 Å². The number of urea groups is 1. The lowest BCUT2D eigenvalue weighted by molar-refractivity contribution is -0.141. The molecular weight excluding hydrogens is 327 g/mol. The third kappa shape index (κ3) is 4.41. The second-order valence-electron chi connectivity index (χ2n) is 6.89. The Bertz CT molecular complexity index is 662. The highest BCUT2D eigenvalue weighted by Crippen LogP contribution is 2.30. The van der Waals surface area contributed by atoms with Gasteiger partial charge in [0.25, 0.3) is 0 Å². The molecule has 6 nitrogen and oxygen atoms in total. The Morgan fingerprint density at radius 2 is 2.16 bits per heavy atom. The number of carbonyl (C=O) groups is 2. The van der Waals surface area contributed by atoms with Crippen molar-refractivity contribution in [2.75, 3.05) is 19.7 Å². The van der Waals surface area contributed by atoms with Crippen molar-refractivity contribution in [3.05, 3.63) is 29.6 Å². The molecule has 2 aliphatic rings. The molecule has 2 N–H and O–H groups in total. The van der Waals surface area contributed by atoms with Crippen LogP contribution in [-0.2, 0) is 4.79 Å². The van der Waals surface area contributed by atoms with Crippen molar-refractivity contribution in [2.24, 2.45) is 11.8 Å². The van der Waals surface area contributed by atoms with Crippen molar-refractivity contribution in [2.45, 2.75) is 32.2 Å². The molecule has 136 valence electrons. The molecule has 25 heavy (non-hydrogen) atoms. The van der Waals surface area contributed by atoms with Gasteiger partial charge in [-0.3, -0.25) is 4.79 Å². The summed E-state index contributed by atoms with van der Waals surface area (Å²) < 4.78 is 19.6. The Hall–Kier alpha value is -2.31. The van der Waals surface area contributed by atoms with Gasteiger partial charge in [-0.15, -0.1) is 0 Å². The van der Waals surface area contributed by atoms with E-state index in [-0.39, 0.29) is 24.4 Å². The number of nitrogens with zero attached hydrogens (tertiary/aromatic N) is 1. The molecule has 3 rings (SSSR count). The van der Waals surface area contributed by atoms with Crippen LogP contribution in [0.25, 0.3) is 0 Å². The molecule has 2 atom stereocenters. The van der Waals surface area contributed by atoms with Gasteiger partial charge in [-0.25, -0.2) is 9.18 Å². The molecule has 2 amide bonds. The first kappa shape index (κ1) is 17.5. The number of likely N-dealkylation sites (tertiary alicyclic amines) is 1. The third-order valence-electron chi connectivity index (χ3n) is 4.79. The van der Waals surface area contributed by atoms with E-state index in [2.05, 4.69) is 5.32 Å². The second kappa shape index (κ2) is 7.29. The van der Waals surface area contributed by atoms with Crippen LogP contribution in [0.4, 0.5) is 9.18 Å². The molecule has 1 heterocycles. The maximum absolute atomic E-state index is 14.1. The minimum Gasteiger partial charge on any atom is -0.490 e. The standard InChI is InChI=1S/C18H23FN2O4/c1-11(20-18(24)21-7-6-14(9-21)17(22)23)13-4-5-16(15(19)8-13)25-10-12-2-3-12/h4-5,8,11-12,14H,2-3,6-7,9-10H2,1H3,(H,20,24)(H,22,23). The normalized spacial score (nSPS) is 21.0. The predicted molar refractivity (Wildman–Crippen MR) is 88.9 cm³/mol. The van der Waals surface area contributed by atoms with Crippen LogP contribution in [0.3, 0.4) is 0 Å². The summed E-state index contributed by atoms with van der Waals surface area (Å²) in [4.78, 5) is 24.7. The zero-order chi connectivity index (χ0) is 18.0. The Morgan fingerprint density at radius 3 is 2.76 bits per heavy atom. The third-order valence-corrected chi connectivity index (χ3v) is 4.79. The fourth-order valence-corrected chi connectivity index (χ4v) is 2.90. The van der Waals surface area contributed by atoms with E-state index >= 15 is 0 Å². The van der Waals surface area contributed by atoms with Gasteiger partial charge in [-0.2, -0.15) is 0 Å². The molecule has 0 spiro atoms. The number of carbonyl (C=O) groups excluding carboxylic acids is 1. The number of ether oxygens (including phenoxy) is 1. The van der Waals surface area contributed by atoms with Crippen molar-refractivity contribution >= 4 is 12.0 Å². The summed E-state index contributed by atoms with van der Waals surface area (Å²) >= 11 is 0. The molecule has 0 bridgehead atoms. The summed E-state index contributed by atoms with van der Waals surface area (Å²) in [6, 6.07) is 3.98. The van der Waals surface area contributed by atoms with Crippen LogP contribution in [0, 0.1) is 17.7 Å². The van der Waals surface area contributed by atoms with E-state index in [1.165, 1.54) is 11.0 Å². The van der Waals surface area contributed by atoms with Crippen LogP contribution in [0.2, 0.25) is 0 Å². The van der Waals surface area contributed by atoms with Crippen molar-refractivity contribution in [3.63, 3.8) is 0 Å². The Morgan fingerprint density at radius 1 is 1.40 bits per heavy atom. The van der Waals surface area contributed by atoms with E-state index in [0.717, 1.165) is 12.8 Å². The van der Waals surface area contributed by atoms with Gasteiger partial charge < -0.3 is 20.1 Å². The lowest BCUT2D eigenvalue weighted by Gasteiger charge is -2.21. The first-order valence-corrected chi connectivity index (χ1v) is 8.64. The second-order valence-corrected chi connectivity index (χ2v) is 6.89. The van der Waals surface area contributed by atoms with Gasteiger partial charge in [0, 0.05) is 13.1 Å². The van der Waals surface area contributed by atoms with E-state index in [1.54, 1.807) is 19.1 Å². The topological polar surface area (TPSA) is 78.9 Å². The van der Waals surface area contributed by atoms with E-state index < -0.39 is 17.7 Å². The van der Waals surface area contributed by atoms with E-state index in [0.29, 0.717) is 31.1 Å². The fraction of sp³-hybridized carbons (Fsp3) is 0.556. The quantitative estimate of drug-likeness (QED) is 0.827. The molecule has 1 aliphatic heterocycles. The highest BCUT2D eigenvalue weighted by Gasteiger charge is 2.31. The summed E-state index contributed by atoms with van der Waals surface area (Å²) in [6.07, 6.45) is 2.74. The van der Waals surface area contributed by atoms with Gasteiger partial charge in [-0.05, 0) is 49.8 Å². The van der Waals surface area contributed by atoms with Crippen LogP contribution in [0.1, 0.15) is 37.8 Å². The summed E-state index contributed by atoms with van der Waals surface area (Å²) in [5.74, 6) is -1.05. The van der Waals surface area contributed by atoms with Crippen molar-refractivity contribution < 1.29 is 23.8 Å². The van der Waals surface area contributed by atoms with Crippen LogP contribution < -0.4 is 10.1 Å². The lowest BCUT2D eigenvalue weighted by atomic mass is 10.1. The number of hydrogen-bond acceptors (Lipinski definition) is 3. The molecule has 1 aliphatic carbocycles. The molecule has 2 fully saturated rings. The number of carboxylic acids is 1. The van der Waals surface area contributed by atoms with E-state index in [4.69, 9.17) is 9.84 Å². The van der Waals surface area contributed by atoms with Gasteiger partial charge in [-0.1, -0.05) is 6.07 Å². The van der Waals surface area contributed by atoms with Gasteiger partial charge in [0.05, 0.1) is 18.6 Å². The number of rotatable bonds is 6. The van der Waals surface area contributed by atoms with Gasteiger partial charge in [0.15, 0.2) is 11.6 Å². The minimum absolute atomic E-state index is 0.205. The van der Waals surface area contributed by atoms with Crippen molar-refractivity contribution in [1.29, 1.82) is 0 Å². The van der Waals surface area contributed by atoms with Crippen molar-refractivity contribution in [1.82, 2.24) is 10.2 Å². The fourth-order valence-electron chi connectivity index (χ4n) is 2.90. The Labute approximate surface area is 146 Å². The van der Waals surface area contributed by atoms with Crippen LogP contribution in [0.15, 0.2) is 18.2 Å².